The van der Waals surface area contributed by atoms with E-state index in [4.69, 9.17) is 15.9 Å². The highest BCUT2D eigenvalue weighted by Gasteiger charge is 2.20. The molecule has 1 aliphatic carbocycles. The van der Waals surface area contributed by atoms with E-state index in [1.54, 1.807) is 0 Å². The number of nitrogens with one attached hydrogen (secondary N) is 1. The number of benzene rings is 2. The lowest BCUT2D eigenvalue weighted by Crippen LogP contribution is -2.16. The monoisotopic (exact) mass is 280 g/mol. The van der Waals surface area contributed by atoms with Crippen LogP contribution in [0.15, 0.2) is 48.5 Å². The molecule has 0 radical (unpaired) electrons. The number of nitrogens with two attached hydrogens (primary N) is 1. The third kappa shape index (κ3) is 3.07. The van der Waals surface area contributed by atoms with E-state index in [-0.39, 0.29) is 5.84 Å². The van der Waals surface area contributed by atoms with Gasteiger partial charge in [0.05, 0.1) is 6.61 Å². The van der Waals surface area contributed by atoms with Gasteiger partial charge in [-0.1, -0.05) is 24.3 Å². The summed E-state index contributed by atoms with van der Waals surface area (Å²) >= 11 is 0. The molecule has 0 spiro atoms. The van der Waals surface area contributed by atoms with E-state index in [1.165, 1.54) is 30.4 Å². The summed E-state index contributed by atoms with van der Waals surface area (Å²) in [5, 5.41) is 7.39. The quantitative estimate of drug-likeness (QED) is 0.665. The maximum atomic E-state index is 7.39. The lowest BCUT2D eigenvalue weighted by atomic mass is 9.83. The fraction of sp³-hybridized carbons (Fsp3) is 0.278. The van der Waals surface area contributed by atoms with Crippen molar-refractivity contribution >= 4 is 5.84 Å². The number of nitrogen functional groups attached to an aromatic ring is 1. The van der Waals surface area contributed by atoms with Crippen LogP contribution in [-0.2, 0) is 6.42 Å². The second kappa shape index (κ2) is 6.00. The summed E-state index contributed by atoms with van der Waals surface area (Å²) < 4.78 is 5.93. The van der Waals surface area contributed by atoms with Crippen LogP contribution in [0.5, 0.6) is 5.75 Å². The highest BCUT2D eigenvalue weighted by atomic mass is 16.5. The first-order valence-electron chi connectivity index (χ1n) is 7.39. The Morgan fingerprint density at radius 2 is 1.90 bits per heavy atom. The predicted molar refractivity (Wildman–Crippen MR) is 85.1 cm³/mol. The van der Waals surface area contributed by atoms with Crippen LogP contribution in [-0.4, -0.2) is 12.4 Å². The van der Waals surface area contributed by atoms with Crippen LogP contribution in [0.2, 0.25) is 0 Å². The van der Waals surface area contributed by atoms with Crippen LogP contribution in [0, 0.1) is 5.41 Å². The van der Waals surface area contributed by atoms with Crippen LogP contribution in [0.4, 0.5) is 0 Å². The summed E-state index contributed by atoms with van der Waals surface area (Å²) in [4.78, 5) is 0. The lowest BCUT2D eigenvalue weighted by Gasteiger charge is -2.25. The van der Waals surface area contributed by atoms with E-state index >= 15 is 0 Å². The molecule has 21 heavy (non-hydrogen) atoms. The number of aryl methyl sites for hydroxylation is 1. The fourth-order valence-electron chi connectivity index (χ4n) is 2.96. The minimum atomic E-state index is 0.0859. The van der Waals surface area contributed by atoms with Crippen molar-refractivity contribution in [1.82, 2.24) is 0 Å². The van der Waals surface area contributed by atoms with Crippen molar-refractivity contribution in [2.45, 2.75) is 25.2 Å². The van der Waals surface area contributed by atoms with Gasteiger partial charge < -0.3 is 10.5 Å². The highest BCUT2D eigenvalue weighted by Crippen LogP contribution is 2.31. The number of hydrogen-bond acceptors (Lipinski definition) is 2. The molecule has 3 rings (SSSR count). The van der Waals surface area contributed by atoms with Crippen molar-refractivity contribution in [2.24, 2.45) is 5.73 Å². The molecule has 2 aromatic carbocycles. The lowest BCUT2D eigenvalue weighted by molar-refractivity contribution is 0.274. The number of amidine groups is 1. The van der Waals surface area contributed by atoms with Crippen molar-refractivity contribution in [2.75, 3.05) is 6.61 Å². The molecule has 2 aromatic rings. The van der Waals surface area contributed by atoms with Gasteiger partial charge in [0, 0.05) is 11.5 Å². The topological polar surface area (TPSA) is 59.1 Å². The molecular formula is C18H20N2O. The molecule has 0 bridgehead atoms. The minimum Gasteiger partial charge on any atom is -0.493 e. The maximum Gasteiger partial charge on any atom is 0.122 e. The molecule has 3 N–H and O–H groups in total. The Balaban J connectivity index is 1.67. The molecule has 0 saturated carbocycles. The maximum absolute atomic E-state index is 7.39. The van der Waals surface area contributed by atoms with Gasteiger partial charge in [-0.15, -0.1) is 0 Å². The smallest absolute Gasteiger partial charge is 0.122 e. The first kappa shape index (κ1) is 13.7. The summed E-state index contributed by atoms with van der Waals surface area (Å²) in [5.41, 5.74) is 9.07. The number of hydrogen-bond donors (Lipinski definition) is 2. The zero-order valence-electron chi connectivity index (χ0n) is 12.0. The van der Waals surface area contributed by atoms with Gasteiger partial charge >= 0.3 is 0 Å². The molecule has 0 fully saturated rings. The summed E-state index contributed by atoms with van der Waals surface area (Å²) in [7, 11) is 0. The third-order valence-corrected chi connectivity index (χ3v) is 4.11. The second-order valence-corrected chi connectivity index (χ2v) is 5.54. The largest absolute Gasteiger partial charge is 0.493 e. The van der Waals surface area contributed by atoms with E-state index in [1.807, 2.05) is 24.3 Å². The predicted octanol–water partition coefficient (Wildman–Crippen LogP) is 3.47. The highest BCUT2D eigenvalue weighted by molar-refractivity contribution is 5.94. The van der Waals surface area contributed by atoms with Crippen molar-refractivity contribution < 1.29 is 4.74 Å². The summed E-state index contributed by atoms with van der Waals surface area (Å²) in [6, 6.07) is 16.1. The Kier molecular flexibility index (Phi) is 3.91. The SMILES string of the molecule is N=C(N)c1ccc(OCC2CCCc3ccccc32)cc1. The summed E-state index contributed by atoms with van der Waals surface area (Å²) in [6.07, 6.45) is 3.59. The van der Waals surface area contributed by atoms with Gasteiger partial charge in [0.2, 0.25) is 0 Å². The molecule has 0 aliphatic heterocycles. The number of ether oxygens (including phenoxy) is 1. The van der Waals surface area contributed by atoms with E-state index in [0.29, 0.717) is 12.5 Å². The molecule has 3 nitrogen and oxygen atoms in total. The molecule has 1 atom stereocenters. The first-order valence-corrected chi connectivity index (χ1v) is 7.39. The summed E-state index contributed by atoms with van der Waals surface area (Å²) in [6.45, 7) is 0.705. The van der Waals surface area contributed by atoms with Crippen LogP contribution in [0.25, 0.3) is 0 Å². The van der Waals surface area contributed by atoms with E-state index in [9.17, 15) is 0 Å². The molecule has 0 aromatic heterocycles. The van der Waals surface area contributed by atoms with Crippen molar-refractivity contribution in [1.29, 1.82) is 5.41 Å². The Hall–Kier alpha value is -2.29. The Labute approximate surface area is 125 Å². The Morgan fingerprint density at radius 1 is 1.14 bits per heavy atom. The van der Waals surface area contributed by atoms with E-state index in [2.05, 4.69) is 24.3 Å². The zero-order valence-corrected chi connectivity index (χ0v) is 12.0. The van der Waals surface area contributed by atoms with Crippen molar-refractivity contribution in [3.8, 4) is 5.75 Å². The fourth-order valence-corrected chi connectivity index (χ4v) is 2.96. The van der Waals surface area contributed by atoms with Crippen LogP contribution in [0.3, 0.4) is 0 Å². The molecular weight excluding hydrogens is 260 g/mol. The van der Waals surface area contributed by atoms with E-state index < -0.39 is 0 Å². The molecule has 108 valence electrons. The van der Waals surface area contributed by atoms with Crippen LogP contribution >= 0.6 is 0 Å². The second-order valence-electron chi connectivity index (χ2n) is 5.54. The number of fused-ring (bicyclic) bond motifs is 1. The van der Waals surface area contributed by atoms with Crippen LogP contribution in [0.1, 0.15) is 35.4 Å². The average Bonchev–Trinajstić information content (AvgIpc) is 2.53. The van der Waals surface area contributed by atoms with Crippen molar-refractivity contribution in [3.05, 3.63) is 65.2 Å². The Morgan fingerprint density at radius 3 is 2.67 bits per heavy atom. The molecule has 0 amide bonds. The number of rotatable bonds is 4. The van der Waals surface area contributed by atoms with Gasteiger partial charge in [0.25, 0.3) is 0 Å². The van der Waals surface area contributed by atoms with Gasteiger partial charge in [0.1, 0.15) is 11.6 Å². The standard InChI is InChI=1S/C18H20N2O/c19-18(20)14-8-10-16(11-9-14)21-12-15-6-3-5-13-4-1-2-7-17(13)15/h1-2,4,7-11,15H,3,5-6,12H2,(H3,19,20). The van der Waals surface area contributed by atoms with Gasteiger partial charge in [0.15, 0.2) is 0 Å². The van der Waals surface area contributed by atoms with Crippen molar-refractivity contribution in [3.63, 3.8) is 0 Å². The molecule has 0 saturated heterocycles. The van der Waals surface area contributed by atoms with E-state index in [0.717, 1.165) is 11.3 Å². The zero-order chi connectivity index (χ0) is 14.7. The van der Waals surface area contributed by atoms with Gasteiger partial charge in [-0.3, -0.25) is 5.41 Å². The molecule has 1 unspecified atom stereocenters. The normalized spacial score (nSPS) is 17.0. The molecule has 1 aliphatic rings. The van der Waals surface area contributed by atoms with Crippen LogP contribution < -0.4 is 10.5 Å². The minimum absolute atomic E-state index is 0.0859. The first-order chi connectivity index (χ1) is 10.2. The average molecular weight is 280 g/mol. The van der Waals surface area contributed by atoms with Gasteiger partial charge in [-0.25, -0.2) is 0 Å². The van der Waals surface area contributed by atoms with Gasteiger partial charge in [-0.2, -0.15) is 0 Å². The van der Waals surface area contributed by atoms with Gasteiger partial charge in [-0.05, 0) is 54.7 Å². The Bertz CT molecular complexity index is 634. The summed E-state index contributed by atoms with van der Waals surface area (Å²) in [5.74, 6) is 1.40. The molecule has 0 heterocycles. The third-order valence-electron chi connectivity index (χ3n) is 4.11. The molecule has 3 heteroatoms.